The zero-order chi connectivity index (χ0) is 14.8. The van der Waals surface area contributed by atoms with Crippen LogP contribution in [0.15, 0.2) is 18.2 Å². The Kier molecular flexibility index (Phi) is 4.39. The van der Waals surface area contributed by atoms with Gasteiger partial charge in [-0.15, -0.1) is 0 Å². The minimum Gasteiger partial charge on any atom is -0.486 e. The van der Waals surface area contributed by atoms with Crippen molar-refractivity contribution in [2.24, 2.45) is 11.8 Å². The third-order valence-electron chi connectivity index (χ3n) is 4.99. The molecule has 0 bridgehead atoms. The zero-order valence-corrected chi connectivity index (χ0v) is 13.4. The predicted octanol–water partition coefficient (Wildman–Crippen LogP) is 3.93. The predicted molar refractivity (Wildman–Crippen MR) is 84.9 cm³/mol. The Hall–Kier alpha value is -1.22. The van der Waals surface area contributed by atoms with Gasteiger partial charge in [-0.1, -0.05) is 26.3 Å². The quantitative estimate of drug-likeness (QED) is 0.914. The van der Waals surface area contributed by atoms with Crippen LogP contribution >= 0.6 is 0 Å². The van der Waals surface area contributed by atoms with E-state index in [1.165, 1.54) is 24.8 Å². The van der Waals surface area contributed by atoms with Crippen LogP contribution in [-0.2, 0) is 0 Å². The summed E-state index contributed by atoms with van der Waals surface area (Å²) in [5.41, 5.74) is 1.28. The number of nitrogens with one attached hydrogen (secondary N) is 1. The molecule has 4 atom stereocenters. The molecule has 0 radical (unpaired) electrons. The fraction of sp³-hybridized carbons (Fsp3) is 0.667. The lowest BCUT2D eigenvalue weighted by Crippen LogP contribution is -2.40. The molecule has 3 rings (SSSR count). The summed E-state index contributed by atoms with van der Waals surface area (Å²) >= 11 is 0. The lowest BCUT2D eigenvalue weighted by atomic mass is 9.79. The van der Waals surface area contributed by atoms with Crippen molar-refractivity contribution in [2.75, 3.05) is 13.2 Å². The van der Waals surface area contributed by atoms with Crippen LogP contribution in [0, 0.1) is 11.8 Å². The van der Waals surface area contributed by atoms with Gasteiger partial charge < -0.3 is 14.8 Å². The van der Waals surface area contributed by atoms with E-state index in [-0.39, 0.29) is 0 Å². The lowest BCUT2D eigenvalue weighted by molar-refractivity contribution is 0.171. The van der Waals surface area contributed by atoms with E-state index in [4.69, 9.17) is 9.47 Å². The van der Waals surface area contributed by atoms with Crippen LogP contribution in [0.1, 0.15) is 51.6 Å². The summed E-state index contributed by atoms with van der Waals surface area (Å²) in [6, 6.07) is 7.29. The van der Waals surface area contributed by atoms with Gasteiger partial charge in [0.05, 0.1) is 0 Å². The monoisotopic (exact) mass is 289 g/mol. The minimum atomic E-state index is 0.346. The summed E-state index contributed by atoms with van der Waals surface area (Å²) < 4.78 is 11.3. The normalized spacial score (nSPS) is 30.0. The van der Waals surface area contributed by atoms with Crippen molar-refractivity contribution in [1.29, 1.82) is 0 Å². The molecule has 3 heteroatoms. The molecule has 1 N–H and O–H groups in total. The van der Waals surface area contributed by atoms with Crippen LogP contribution in [0.2, 0.25) is 0 Å². The largest absolute Gasteiger partial charge is 0.486 e. The molecule has 1 aromatic carbocycles. The first-order valence-corrected chi connectivity index (χ1v) is 8.29. The van der Waals surface area contributed by atoms with Gasteiger partial charge in [-0.25, -0.2) is 0 Å². The standard InChI is InChI=1S/C18H27NO2/c1-12-4-5-13(2)16(10-12)19-14(3)15-6-7-17-18(11-15)21-9-8-20-17/h6-7,11-14,16,19H,4-5,8-10H2,1-3H3. The summed E-state index contributed by atoms with van der Waals surface area (Å²) in [4.78, 5) is 0. The number of fused-ring (bicyclic) bond motifs is 1. The van der Waals surface area contributed by atoms with Gasteiger partial charge in [-0.05, 0) is 49.3 Å². The molecule has 0 amide bonds. The van der Waals surface area contributed by atoms with Crippen LogP contribution in [0.4, 0.5) is 0 Å². The molecule has 0 aromatic heterocycles. The molecule has 2 aliphatic rings. The van der Waals surface area contributed by atoms with Crippen LogP contribution in [0.3, 0.4) is 0 Å². The molecule has 1 aliphatic heterocycles. The first-order chi connectivity index (χ1) is 10.1. The smallest absolute Gasteiger partial charge is 0.161 e. The Balaban J connectivity index is 1.68. The summed E-state index contributed by atoms with van der Waals surface area (Å²) in [5.74, 6) is 3.36. The molecule has 1 heterocycles. The minimum absolute atomic E-state index is 0.346. The Morgan fingerprint density at radius 3 is 2.67 bits per heavy atom. The van der Waals surface area contributed by atoms with Crippen LogP contribution in [-0.4, -0.2) is 19.3 Å². The highest BCUT2D eigenvalue weighted by molar-refractivity contribution is 5.44. The SMILES string of the molecule is CC1CCC(C)C(NC(C)c2ccc3c(c2)OCCO3)C1. The molecule has 1 fully saturated rings. The number of hydrogen-bond acceptors (Lipinski definition) is 3. The topological polar surface area (TPSA) is 30.5 Å². The molecule has 21 heavy (non-hydrogen) atoms. The number of hydrogen-bond donors (Lipinski definition) is 1. The average Bonchev–Trinajstić information content (AvgIpc) is 2.50. The second-order valence-corrected chi connectivity index (χ2v) is 6.79. The maximum atomic E-state index is 5.69. The maximum absolute atomic E-state index is 5.69. The molecular formula is C18H27NO2. The van der Waals surface area contributed by atoms with Gasteiger partial charge in [-0.2, -0.15) is 0 Å². The van der Waals surface area contributed by atoms with Crippen LogP contribution < -0.4 is 14.8 Å². The zero-order valence-electron chi connectivity index (χ0n) is 13.4. The highest BCUT2D eigenvalue weighted by atomic mass is 16.6. The Morgan fingerprint density at radius 2 is 1.86 bits per heavy atom. The third-order valence-corrected chi connectivity index (χ3v) is 4.99. The van der Waals surface area contributed by atoms with E-state index in [9.17, 15) is 0 Å². The molecule has 1 saturated carbocycles. The van der Waals surface area contributed by atoms with Gasteiger partial charge >= 0.3 is 0 Å². The third kappa shape index (κ3) is 3.34. The van der Waals surface area contributed by atoms with Crippen molar-refractivity contribution >= 4 is 0 Å². The molecule has 0 spiro atoms. The molecule has 4 unspecified atom stereocenters. The van der Waals surface area contributed by atoms with Crippen molar-refractivity contribution in [3.8, 4) is 11.5 Å². The summed E-state index contributed by atoms with van der Waals surface area (Å²) in [6.45, 7) is 8.29. The van der Waals surface area contributed by atoms with E-state index in [1.807, 2.05) is 6.07 Å². The summed E-state index contributed by atoms with van der Waals surface area (Å²) in [6.07, 6.45) is 4.00. The molecular weight excluding hydrogens is 262 g/mol. The van der Waals surface area contributed by atoms with E-state index in [0.717, 1.165) is 23.3 Å². The van der Waals surface area contributed by atoms with Crippen molar-refractivity contribution in [2.45, 2.75) is 52.1 Å². The fourth-order valence-corrected chi connectivity index (χ4v) is 3.51. The van der Waals surface area contributed by atoms with Crippen molar-refractivity contribution in [1.82, 2.24) is 5.32 Å². The Morgan fingerprint density at radius 1 is 1.10 bits per heavy atom. The maximum Gasteiger partial charge on any atom is 0.161 e. The lowest BCUT2D eigenvalue weighted by Gasteiger charge is -2.35. The van der Waals surface area contributed by atoms with E-state index in [2.05, 4.69) is 38.2 Å². The van der Waals surface area contributed by atoms with E-state index in [1.54, 1.807) is 0 Å². The van der Waals surface area contributed by atoms with Gasteiger partial charge in [0.25, 0.3) is 0 Å². The Bertz CT molecular complexity index is 488. The van der Waals surface area contributed by atoms with Gasteiger partial charge in [0, 0.05) is 12.1 Å². The number of benzene rings is 1. The van der Waals surface area contributed by atoms with Gasteiger partial charge in [0.15, 0.2) is 11.5 Å². The second-order valence-electron chi connectivity index (χ2n) is 6.79. The second kappa shape index (κ2) is 6.27. The fourth-order valence-electron chi connectivity index (χ4n) is 3.51. The summed E-state index contributed by atoms with van der Waals surface area (Å²) in [5, 5.41) is 3.83. The first-order valence-electron chi connectivity index (χ1n) is 8.29. The molecule has 1 aromatic rings. The van der Waals surface area contributed by atoms with Crippen LogP contribution in [0.25, 0.3) is 0 Å². The van der Waals surface area contributed by atoms with Crippen LogP contribution in [0.5, 0.6) is 11.5 Å². The van der Waals surface area contributed by atoms with E-state index < -0.39 is 0 Å². The molecule has 3 nitrogen and oxygen atoms in total. The highest BCUT2D eigenvalue weighted by Crippen LogP contribution is 2.34. The van der Waals surface area contributed by atoms with Gasteiger partial charge in [0.2, 0.25) is 0 Å². The van der Waals surface area contributed by atoms with E-state index in [0.29, 0.717) is 25.3 Å². The molecule has 116 valence electrons. The molecule has 0 saturated heterocycles. The van der Waals surface area contributed by atoms with Gasteiger partial charge in [-0.3, -0.25) is 0 Å². The highest BCUT2D eigenvalue weighted by Gasteiger charge is 2.27. The van der Waals surface area contributed by atoms with Crippen molar-refractivity contribution < 1.29 is 9.47 Å². The first kappa shape index (κ1) is 14.7. The number of ether oxygens (including phenoxy) is 2. The van der Waals surface area contributed by atoms with Gasteiger partial charge in [0.1, 0.15) is 13.2 Å². The summed E-state index contributed by atoms with van der Waals surface area (Å²) in [7, 11) is 0. The van der Waals surface area contributed by atoms with Crippen molar-refractivity contribution in [3.63, 3.8) is 0 Å². The molecule has 1 aliphatic carbocycles. The number of rotatable bonds is 3. The average molecular weight is 289 g/mol. The van der Waals surface area contributed by atoms with Crippen molar-refractivity contribution in [3.05, 3.63) is 23.8 Å². The van der Waals surface area contributed by atoms with E-state index >= 15 is 0 Å². The Labute approximate surface area is 128 Å².